The highest BCUT2D eigenvalue weighted by Gasteiger charge is 2.50. The second-order valence-electron chi connectivity index (χ2n) is 16.6. The number of Topliss-reactive ketones (excluding diaryl/α,β-unsaturated/α-hetero) is 1. The summed E-state index contributed by atoms with van der Waals surface area (Å²) in [6, 6.07) is 12.8. The van der Waals surface area contributed by atoms with Gasteiger partial charge >= 0.3 is 0 Å². The van der Waals surface area contributed by atoms with E-state index in [0.717, 1.165) is 16.6 Å². The third-order valence-electron chi connectivity index (χ3n) is 12.3. The number of aliphatic hydroxyl groups is 3. The van der Waals surface area contributed by atoms with E-state index in [1.165, 1.54) is 25.3 Å². The number of benzene rings is 3. The highest BCUT2D eigenvalue weighted by Crippen LogP contribution is 2.52. The minimum Gasteiger partial charge on any atom is -0.507 e. The minimum atomic E-state index is -2.32. The van der Waals surface area contributed by atoms with E-state index in [0.29, 0.717) is 23.5 Å². The summed E-state index contributed by atoms with van der Waals surface area (Å²) in [7, 11) is 3.02. The van der Waals surface area contributed by atoms with Crippen LogP contribution in [0.3, 0.4) is 0 Å². The number of aromatic nitrogens is 2. The number of aromatic hydroxyl groups is 2. The molecule has 1 fully saturated rings. The van der Waals surface area contributed by atoms with Crippen molar-refractivity contribution in [2.45, 2.75) is 82.2 Å². The van der Waals surface area contributed by atoms with Gasteiger partial charge in [-0.2, -0.15) is 0 Å². The van der Waals surface area contributed by atoms with Gasteiger partial charge in [0.25, 0.3) is 5.91 Å². The van der Waals surface area contributed by atoms with E-state index in [4.69, 9.17) is 14.2 Å². The number of nitrogens with one attached hydrogen (secondary N) is 4. The van der Waals surface area contributed by atoms with Gasteiger partial charge in [-0.1, -0.05) is 12.1 Å². The molecular weight excluding hydrogens is 831 g/mol. The van der Waals surface area contributed by atoms with E-state index in [2.05, 4.69) is 20.9 Å². The van der Waals surface area contributed by atoms with E-state index >= 15 is 0 Å². The maximum Gasteiger partial charge on any atom is 0.272 e. The zero-order chi connectivity index (χ0) is 45.8. The van der Waals surface area contributed by atoms with Crippen molar-refractivity contribution in [1.29, 1.82) is 0 Å². The zero-order valence-electron chi connectivity index (χ0n) is 35.5. The molecule has 3 aliphatic rings. The Balaban J connectivity index is 0.928. The molecule has 0 saturated carbocycles. The van der Waals surface area contributed by atoms with E-state index < -0.39 is 95.7 Å². The number of phenolic OH excluding ortho intramolecular Hbond substituents is 2. The van der Waals surface area contributed by atoms with Crippen molar-refractivity contribution in [3.63, 3.8) is 0 Å². The van der Waals surface area contributed by atoms with Crippen LogP contribution in [-0.4, -0.2) is 115 Å². The topological polar surface area (TPSA) is 271 Å². The fourth-order valence-corrected chi connectivity index (χ4v) is 9.09. The lowest BCUT2D eigenvalue weighted by Crippen LogP contribution is -2.54. The van der Waals surface area contributed by atoms with Gasteiger partial charge in [-0.05, 0) is 63.2 Å². The average Bonchev–Trinajstić information content (AvgIpc) is 3.83. The first kappa shape index (κ1) is 44.2. The van der Waals surface area contributed by atoms with E-state index in [1.54, 1.807) is 36.9 Å². The lowest BCUT2D eigenvalue weighted by atomic mass is 9.72. The standard InChI is InChI=1S/C46H49N5O13/c1-21-13-23-14-24(10-11-28(23)48-21)50-45(60)30-15-25(19-51(30)3)49-34(54)9-6-12-47-29-16-35(63-22(2)40(29)55)64-32-18-46(61,33(53)20-52)17-27-37(32)44(59)39-38(42(27)57)41(56)26-7-5-8-31(62-4)36(26)43(39)58/h5,7-8,10-11,13-15,19,22,29,32,35,40,47-48,52,55,57,59,61H,6,9,12,16-18,20H2,1-4H3,(H,49,54)(H,50,60)/t22-,29-,32-,35?,40+,46-/m0/s1. The van der Waals surface area contributed by atoms with Gasteiger partial charge in [0.2, 0.25) is 11.7 Å². The Morgan fingerprint density at radius 1 is 1.00 bits per heavy atom. The number of anilines is 2. The van der Waals surface area contributed by atoms with E-state index in [-0.39, 0.29) is 59.2 Å². The van der Waals surface area contributed by atoms with Gasteiger partial charge in [0, 0.05) is 83.9 Å². The first-order valence-corrected chi connectivity index (χ1v) is 20.8. The van der Waals surface area contributed by atoms with Crippen LogP contribution in [0.2, 0.25) is 0 Å². The molecule has 8 rings (SSSR count). The molecule has 3 aromatic carbocycles. The number of hydrogen-bond acceptors (Lipinski definition) is 14. The number of carbonyl (C=O) groups is 5. The SMILES string of the molecule is COc1cccc2c1C(=O)c1c(O)c3c(c(O)c1C2=O)C[C@@](O)(C(=O)CO)C[C@@H]3OC1C[C@H](NCCCC(=O)Nc2cc(C(=O)Nc3ccc4[nH]c(C)cc4c3)n(C)c2)[C@H](O)[C@H](C)O1. The van der Waals surface area contributed by atoms with Gasteiger partial charge in [0.15, 0.2) is 17.9 Å². The molecule has 0 radical (unpaired) electrons. The van der Waals surface area contributed by atoms with Crippen molar-refractivity contribution in [3.8, 4) is 17.2 Å². The first-order chi connectivity index (χ1) is 30.5. The van der Waals surface area contributed by atoms with Crippen LogP contribution in [0.15, 0.2) is 54.7 Å². The normalized spacial score (nSPS) is 22.7. The highest BCUT2D eigenvalue weighted by molar-refractivity contribution is 6.31. The number of phenols is 2. The van der Waals surface area contributed by atoms with Gasteiger partial charge in [-0.25, -0.2) is 0 Å². The van der Waals surface area contributed by atoms with Crippen molar-refractivity contribution < 1.29 is 63.7 Å². The van der Waals surface area contributed by atoms with Gasteiger partial charge in [-0.3, -0.25) is 24.0 Å². The molecule has 9 N–H and O–H groups in total. The molecule has 1 unspecified atom stereocenters. The van der Waals surface area contributed by atoms with Crippen LogP contribution in [0, 0.1) is 6.92 Å². The molecule has 2 aliphatic carbocycles. The highest BCUT2D eigenvalue weighted by atomic mass is 16.7. The Morgan fingerprint density at radius 3 is 2.52 bits per heavy atom. The Labute approximate surface area is 366 Å². The third-order valence-corrected chi connectivity index (χ3v) is 12.3. The summed E-state index contributed by atoms with van der Waals surface area (Å²) in [5.74, 6) is -4.63. The predicted octanol–water partition coefficient (Wildman–Crippen LogP) is 3.43. The third kappa shape index (κ3) is 8.03. The van der Waals surface area contributed by atoms with Crippen LogP contribution in [-0.2, 0) is 32.5 Å². The number of aliphatic hydroxyl groups excluding tert-OH is 2. The predicted molar refractivity (Wildman–Crippen MR) is 230 cm³/mol. The number of hydrogen-bond donors (Lipinski definition) is 9. The number of amides is 2. The maximum absolute atomic E-state index is 14.0. The lowest BCUT2D eigenvalue weighted by Gasteiger charge is -2.43. The number of fused-ring (bicyclic) bond motifs is 4. The number of aromatic amines is 1. The van der Waals surface area contributed by atoms with Crippen LogP contribution in [0.4, 0.5) is 11.4 Å². The summed E-state index contributed by atoms with van der Waals surface area (Å²) in [6.45, 7) is 2.77. The molecule has 2 amide bonds. The van der Waals surface area contributed by atoms with Crippen LogP contribution in [0.5, 0.6) is 17.2 Å². The molecule has 18 nitrogen and oxygen atoms in total. The Morgan fingerprint density at radius 2 is 1.77 bits per heavy atom. The molecule has 3 heterocycles. The summed E-state index contributed by atoms with van der Waals surface area (Å²) in [6.07, 6.45) is -3.50. The maximum atomic E-state index is 14.0. The van der Waals surface area contributed by atoms with Gasteiger partial charge < -0.3 is 65.2 Å². The summed E-state index contributed by atoms with van der Waals surface area (Å²) < 4.78 is 19.3. The molecule has 1 aliphatic heterocycles. The number of methoxy groups -OCH3 is 1. The molecule has 5 aromatic rings. The monoisotopic (exact) mass is 879 g/mol. The minimum absolute atomic E-state index is 0.00311. The number of nitrogens with zero attached hydrogens (tertiary/aromatic N) is 1. The fourth-order valence-electron chi connectivity index (χ4n) is 9.09. The number of rotatable bonds is 13. The molecule has 1 saturated heterocycles. The number of ether oxygens (including phenoxy) is 3. The number of ketones is 3. The van der Waals surface area contributed by atoms with Crippen molar-refractivity contribution in [2.75, 3.05) is 30.9 Å². The molecule has 6 atom stereocenters. The quantitative estimate of drug-likeness (QED) is 0.0595. The number of H-pyrrole nitrogens is 1. The summed E-state index contributed by atoms with van der Waals surface area (Å²) in [5, 5.41) is 65.9. The zero-order valence-corrected chi connectivity index (χ0v) is 35.5. The average molecular weight is 880 g/mol. The molecule has 0 bridgehead atoms. The summed E-state index contributed by atoms with van der Waals surface area (Å²) in [5.41, 5.74) is -0.550. The Hall–Kier alpha value is -6.41. The first-order valence-electron chi connectivity index (χ1n) is 20.8. The smallest absolute Gasteiger partial charge is 0.272 e. The molecule has 2 aromatic heterocycles. The van der Waals surface area contributed by atoms with Crippen molar-refractivity contribution in [1.82, 2.24) is 14.9 Å². The van der Waals surface area contributed by atoms with Crippen LogP contribution in [0.25, 0.3) is 10.9 Å². The molecule has 64 heavy (non-hydrogen) atoms. The van der Waals surface area contributed by atoms with Gasteiger partial charge in [0.1, 0.15) is 35.2 Å². The molecule has 336 valence electrons. The molecule has 18 heteroatoms. The fraction of sp³-hybridized carbons (Fsp3) is 0.370. The van der Waals surface area contributed by atoms with Gasteiger partial charge in [0.05, 0.1) is 47.8 Å². The van der Waals surface area contributed by atoms with Crippen molar-refractivity contribution in [2.24, 2.45) is 7.05 Å². The Kier molecular flexibility index (Phi) is 11.9. The summed E-state index contributed by atoms with van der Waals surface area (Å²) >= 11 is 0. The summed E-state index contributed by atoms with van der Waals surface area (Å²) in [4.78, 5) is 70.1. The van der Waals surface area contributed by atoms with E-state index in [9.17, 15) is 49.5 Å². The molecule has 0 spiro atoms. The van der Waals surface area contributed by atoms with Gasteiger partial charge in [-0.15, -0.1) is 0 Å². The second-order valence-corrected chi connectivity index (χ2v) is 16.6. The van der Waals surface area contributed by atoms with Crippen LogP contribution in [0.1, 0.15) is 97.9 Å². The van der Waals surface area contributed by atoms with E-state index in [1.807, 2.05) is 25.1 Å². The largest absolute Gasteiger partial charge is 0.507 e. The van der Waals surface area contributed by atoms with Crippen molar-refractivity contribution in [3.05, 3.63) is 99.5 Å². The number of carbonyl (C=O) groups excluding carboxylic acids is 5. The Bertz CT molecular complexity index is 2720. The molecular formula is C46H49N5O13. The van der Waals surface area contributed by atoms with Crippen LogP contribution < -0.4 is 20.7 Å². The van der Waals surface area contributed by atoms with Crippen molar-refractivity contribution >= 4 is 51.4 Å². The second kappa shape index (κ2) is 17.3. The van der Waals surface area contributed by atoms with Crippen LogP contribution >= 0.6 is 0 Å². The number of aryl methyl sites for hydroxylation is 2. The lowest BCUT2D eigenvalue weighted by molar-refractivity contribution is -0.249.